The number of carbonyl (C=O) groups is 1. The van der Waals surface area contributed by atoms with E-state index in [1.54, 1.807) is 4.90 Å². The van der Waals surface area contributed by atoms with Crippen LogP contribution in [0.4, 0.5) is 8.78 Å². The largest absolute Gasteiger partial charge is 0.387 e. The van der Waals surface area contributed by atoms with Crippen molar-refractivity contribution in [2.75, 3.05) is 32.7 Å². The van der Waals surface area contributed by atoms with E-state index in [1.165, 1.54) is 12.1 Å². The summed E-state index contributed by atoms with van der Waals surface area (Å²) in [4.78, 5) is 16.3. The summed E-state index contributed by atoms with van der Waals surface area (Å²) in [5.41, 5.74) is -0.840. The zero-order valence-corrected chi connectivity index (χ0v) is 13.8. The van der Waals surface area contributed by atoms with Crippen molar-refractivity contribution in [2.24, 2.45) is 0 Å². The van der Waals surface area contributed by atoms with Gasteiger partial charge in [-0.2, -0.15) is 0 Å². The summed E-state index contributed by atoms with van der Waals surface area (Å²) in [6.45, 7) is 3.37. The molecule has 1 atom stereocenters. The number of halogens is 2. The third kappa shape index (κ3) is 3.92. The topological polar surface area (TPSA) is 43.8 Å². The number of aliphatic hydroxyl groups is 1. The quantitative estimate of drug-likeness (QED) is 0.913. The second-order valence-electron chi connectivity index (χ2n) is 7.02. The van der Waals surface area contributed by atoms with Crippen molar-refractivity contribution >= 4 is 5.91 Å². The first kappa shape index (κ1) is 17.3. The summed E-state index contributed by atoms with van der Waals surface area (Å²) in [6.07, 6.45) is 3.52. The summed E-state index contributed by atoms with van der Waals surface area (Å²) in [7, 11) is 0. The Labute approximate surface area is 141 Å². The standard InChI is InChI=1S/C18H24F2N2O2/c19-15-6-3-5-14(17(15)20)11-16(23)22-10-4-7-18(24,13-22)12-21-8-1-2-9-21/h3,5-6,24H,1-2,4,7-13H2/t18-/m1/s1. The van der Waals surface area contributed by atoms with Gasteiger partial charge in [-0.05, 0) is 44.8 Å². The molecule has 1 amide bonds. The first-order chi connectivity index (χ1) is 11.5. The molecule has 132 valence electrons. The monoisotopic (exact) mass is 338 g/mol. The van der Waals surface area contributed by atoms with Gasteiger partial charge in [-0.25, -0.2) is 8.78 Å². The molecule has 0 unspecified atom stereocenters. The fraction of sp³-hybridized carbons (Fsp3) is 0.611. The highest BCUT2D eigenvalue weighted by Crippen LogP contribution is 2.25. The van der Waals surface area contributed by atoms with Gasteiger partial charge in [-0.1, -0.05) is 12.1 Å². The molecule has 2 aliphatic rings. The predicted octanol–water partition coefficient (Wildman–Crippen LogP) is 1.96. The van der Waals surface area contributed by atoms with Gasteiger partial charge in [0.25, 0.3) is 0 Å². The fourth-order valence-electron chi connectivity index (χ4n) is 3.77. The van der Waals surface area contributed by atoms with E-state index < -0.39 is 17.2 Å². The molecule has 0 aliphatic carbocycles. The minimum atomic E-state index is -0.963. The molecule has 0 saturated carbocycles. The Balaban J connectivity index is 1.63. The number of nitrogens with zero attached hydrogens (tertiary/aromatic N) is 2. The van der Waals surface area contributed by atoms with E-state index in [0.29, 0.717) is 19.5 Å². The third-order valence-electron chi connectivity index (χ3n) is 5.00. The summed E-state index contributed by atoms with van der Waals surface area (Å²) in [6, 6.07) is 3.87. The average Bonchev–Trinajstić information content (AvgIpc) is 3.04. The molecule has 0 aromatic heterocycles. The Kier molecular flexibility index (Phi) is 5.15. The van der Waals surface area contributed by atoms with Crippen LogP contribution in [0, 0.1) is 11.6 Å². The fourth-order valence-corrected chi connectivity index (χ4v) is 3.77. The van der Waals surface area contributed by atoms with Crippen LogP contribution in [0.25, 0.3) is 0 Å². The van der Waals surface area contributed by atoms with Crippen LogP contribution in [0.1, 0.15) is 31.2 Å². The van der Waals surface area contributed by atoms with Crippen molar-refractivity contribution in [1.82, 2.24) is 9.80 Å². The highest BCUT2D eigenvalue weighted by Gasteiger charge is 2.37. The van der Waals surface area contributed by atoms with Crippen LogP contribution in [-0.2, 0) is 11.2 Å². The molecule has 0 radical (unpaired) electrons. The lowest BCUT2D eigenvalue weighted by atomic mass is 9.91. The molecule has 1 N–H and O–H groups in total. The van der Waals surface area contributed by atoms with Crippen LogP contribution < -0.4 is 0 Å². The first-order valence-corrected chi connectivity index (χ1v) is 8.62. The highest BCUT2D eigenvalue weighted by atomic mass is 19.2. The molecule has 3 rings (SSSR count). The molecule has 24 heavy (non-hydrogen) atoms. The van der Waals surface area contributed by atoms with E-state index in [0.717, 1.165) is 38.4 Å². The van der Waals surface area contributed by atoms with Crippen LogP contribution in [0.5, 0.6) is 0 Å². The predicted molar refractivity (Wildman–Crippen MR) is 86.5 cm³/mol. The number of hydrogen-bond acceptors (Lipinski definition) is 3. The number of β-amino-alcohol motifs (C(OH)–C–C–N with tert-alkyl or cyclic N) is 1. The van der Waals surface area contributed by atoms with Crippen molar-refractivity contribution in [1.29, 1.82) is 0 Å². The molecular weight excluding hydrogens is 314 g/mol. The molecule has 0 bridgehead atoms. The lowest BCUT2D eigenvalue weighted by Gasteiger charge is -2.41. The van der Waals surface area contributed by atoms with Gasteiger partial charge < -0.3 is 14.9 Å². The molecule has 1 aromatic carbocycles. The number of hydrogen-bond donors (Lipinski definition) is 1. The van der Waals surface area contributed by atoms with E-state index >= 15 is 0 Å². The van der Waals surface area contributed by atoms with Crippen molar-refractivity contribution in [2.45, 2.75) is 37.7 Å². The Morgan fingerprint density at radius 1 is 1.17 bits per heavy atom. The van der Waals surface area contributed by atoms with Gasteiger partial charge in [0, 0.05) is 18.7 Å². The number of carbonyl (C=O) groups excluding carboxylic acids is 1. The minimum Gasteiger partial charge on any atom is -0.387 e. The summed E-state index contributed by atoms with van der Waals surface area (Å²) in [5.74, 6) is -2.17. The number of likely N-dealkylation sites (tertiary alicyclic amines) is 2. The molecule has 4 nitrogen and oxygen atoms in total. The van der Waals surface area contributed by atoms with Crippen LogP contribution in [-0.4, -0.2) is 59.1 Å². The van der Waals surface area contributed by atoms with Gasteiger partial charge >= 0.3 is 0 Å². The average molecular weight is 338 g/mol. The smallest absolute Gasteiger partial charge is 0.227 e. The van der Waals surface area contributed by atoms with E-state index in [-0.39, 0.29) is 24.4 Å². The van der Waals surface area contributed by atoms with E-state index in [4.69, 9.17) is 0 Å². The molecule has 2 aliphatic heterocycles. The van der Waals surface area contributed by atoms with Gasteiger partial charge in [0.15, 0.2) is 11.6 Å². The SMILES string of the molecule is O=C(Cc1cccc(F)c1F)N1CCC[C@@](O)(CN2CCCC2)C1. The first-order valence-electron chi connectivity index (χ1n) is 8.62. The Morgan fingerprint density at radius 2 is 1.92 bits per heavy atom. The number of piperidine rings is 1. The van der Waals surface area contributed by atoms with E-state index in [1.807, 2.05) is 0 Å². The van der Waals surface area contributed by atoms with Crippen LogP contribution in [0.2, 0.25) is 0 Å². The van der Waals surface area contributed by atoms with Crippen LogP contribution in [0.3, 0.4) is 0 Å². The van der Waals surface area contributed by atoms with E-state index in [2.05, 4.69) is 4.90 Å². The molecule has 2 fully saturated rings. The molecule has 2 saturated heterocycles. The zero-order chi connectivity index (χ0) is 17.2. The second-order valence-corrected chi connectivity index (χ2v) is 7.02. The molecular formula is C18H24F2N2O2. The molecule has 2 heterocycles. The summed E-state index contributed by atoms with van der Waals surface area (Å²) in [5, 5.41) is 10.8. The van der Waals surface area contributed by atoms with Gasteiger partial charge in [-0.3, -0.25) is 4.79 Å². The van der Waals surface area contributed by atoms with Gasteiger partial charge in [0.05, 0.1) is 18.6 Å². The van der Waals surface area contributed by atoms with Crippen LogP contribution >= 0.6 is 0 Å². The van der Waals surface area contributed by atoms with Gasteiger partial charge in [0.2, 0.25) is 5.91 Å². The van der Waals surface area contributed by atoms with E-state index in [9.17, 15) is 18.7 Å². The van der Waals surface area contributed by atoms with Crippen molar-refractivity contribution < 1.29 is 18.7 Å². The highest BCUT2D eigenvalue weighted by molar-refractivity contribution is 5.79. The number of rotatable bonds is 4. The Bertz CT molecular complexity index is 605. The number of benzene rings is 1. The lowest BCUT2D eigenvalue weighted by molar-refractivity contribution is -0.138. The number of amides is 1. The lowest BCUT2D eigenvalue weighted by Crippen LogP contribution is -2.55. The molecule has 0 spiro atoms. The maximum atomic E-state index is 13.8. The van der Waals surface area contributed by atoms with Crippen LogP contribution in [0.15, 0.2) is 18.2 Å². The maximum Gasteiger partial charge on any atom is 0.227 e. The minimum absolute atomic E-state index is 0.0636. The molecule has 1 aromatic rings. The third-order valence-corrected chi connectivity index (χ3v) is 5.00. The second kappa shape index (κ2) is 7.15. The van der Waals surface area contributed by atoms with Gasteiger partial charge in [0.1, 0.15) is 0 Å². The van der Waals surface area contributed by atoms with Crippen molar-refractivity contribution in [3.63, 3.8) is 0 Å². The molecule has 6 heteroatoms. The summed E-state index contributed by atoms with van der Waals surface area (Å²) >= 11 is 0. The maximum absolute atomic E-state index is 13.8. The summed E-state index contributed by atoms with van der Waals surface area (Å²) < 4.78 is 27.0. The van der Waals surface area contributed by atoms with Gasteiger partial charge in [-0.15, -0.1) is 0 Å². The van der Waals surface area contributed by atoms with Crippen molar-refractivity contribution in [3.8, 4) is 0 Å². The zero-order valence-electron chi connectivity index (χ0n) is 13.8. The Hall–Kier alpha value is -1.53. The Morgan fingerprint density at radius 3 is 2.67 bits per heavy atom. The van der Waals surface area contributed by atoms with Crippen molar-refractivity contribution in [3.05, 3.63) is 35.4 Å². The normalized spacial score (nSPS) is 25.2.